The first-order valence-electron chi connectivity index (χ1n) is 20.2. The third kappa shape index (κ3) is 6.46. The van der Waals surface area contributed by atoms with Crippen LogP contribution < -0.4 is 5.32 Å². The summed E-state index contributed by atoms with van der Waals surface area (Å²) in [6.45, 7) is 22.4. The van der Waals surface area contributed by atoms with Crippen LogP contribution in [0.1, 0.15) is 145 Å². The normalized spacial score (nSPS) is 37.3. The molecule has 6 heteroatoms. The van der Waals surface area contributed by atoms with Gasteiger partial charge in [0.05, 0.1) is 12.8 Å². The average Bonchev–Trinajstić information content (AvgIpc) is 3.33. The number of ketones is 1. The number of hydrogen-bond acceptors (Lipinski definition) is 5. The largest absolute Gasteiger partial charge is 0.481 e. The van der Waals surface area contributed by atoms with Crippen molar-refractivity contribution in [1.82, 2.24) is 5.32 Å². The van der Waals surface area contributed by atoms with Gasteiger partial charge in [0.25, 0.3) is 0 Å². The number of hydrogen-bond donors (Lipinski definition) is 2. The maximum absolute atomic E-state index is 14.0. The molecule has 8 unspecified atom stereocenters. The number of aliphatic carboxylic acids is 1. The van der Waals surface area contributed by atoms with Crippen LogP contribution >= 0.6 is 0 Å². The van der Waals surface area contributed by atoms with E-state index in [0.717, 1.165) is 51.6 Å². The number of allylic oxidation sites excluding steroid dienone is 2. The Kier molecular flexibility index (Phi) is 10.1. The topological polar surface area (TPSA) is 92.7 Å². The van der Waals surface area contributed by atoms with Crippen molar-refractivity contribution in [2.75, 3.05) is 6.54 Å². The van der Waals surface area contributed by atoms with Crippen LogP contribution in [0.25, 0.3) is 0 Å². The zero-order valence-corrected chi connectivity index (χ0v) is 33.3. The van der Waals surface area contributed by atoms with Gasteiger partial charge in [-0.05, 0) is 121 Å². The summed E-state index contributed by atoms with van der Waals surface area (Å²) < 4.78 is 6.28. The van der Waals surface area contributed by atoms with E-state index in [1.165, 1.54) is 30.4 Å². The number of rotatable bonds is 11. The fourth-order valence-electron chi connectivity index (χ4n) is 13.5. The molecule has 51 heavy (non-hydrogen) atoms. The highest BCUT2D eigenvalue weighted by molar-refractivity contribution is 6.00. The van der Waals surface area contributed by atoms with Crippen molar-refractivity contribution in [3.8, 4) is 0 Å². The minimum Gasteiger partial charge on any atom is -0.481 e. The Morgan fingerprint density at radius 1 is 0.902 bits per heavy atom. The second kappa shape index (κ2) is 13.4. The van der Waals surface area contributed by atoms with E-state index >= 15 is 0 Å². The first-order chi connectivity index (χ1) is 23.8. The molecule has 0 radical (unpaired) electrons. The van der Waals surface area contributed by atoms with Crippen LogP contribution in [0.2, 0.25) is 0 Å². The van der Waals surface area contributed by atoms with Gasteiger partial charge in [-0.25, -0.2) is 0 Å². The van der Waals surface area contributed by atoms with Crippen molar-refractivity contribution < 1.29 is 24.2 Å². The Morgan fingerprint density at radius 2 is 1.61 bits per heavy atom. The highest BCUT2D eigenvalue weighted by Gasteiger charge is 2.70. The van der Waals surface area contributed by atoms with E-state index in [0.29, 0.717) is 30.0 Å². The smallest absolute Gasteiger partial charge is 0.306 e. The van der Waals surface area contributed by atoms with Gasteiger partial charge < -0.3 is 15.2 Å². The summed E-state index contributed by atoms with van der Waals surface area (Å²) in [7, 11) is 0. The molecule has 0 spiro atoms. The molecular weight excluding hydrogens is 634 g/mol. The Bertz CT molecular complexity index is 1540. The average molecular weight is 702 g/mol. The molecule has 1 aromatic rings. The van der Waals surface area contributed by atoms with E-state index in [-0.39, 0.29) is 57.9 Å². The lowest BCUT2D eigenvalue weighted by Crippen LogP contribution is -2.65. The first kappa shape index (κ1) is 38.3. The lowest BCUT2D eigenvalue weighted by atomic mass is 9.33. The first-order valence-corrected chi connectivity index (χ1v) is 20.2. The number of esters is 1. The molecular formula is C45H67NO5. The summed E-state index contributed by atoms with van der Waals surface area (Å²) in [5.41, 5.74) is 3.66. The van der Waals surface area contributed by atoms with Gasteiger partial charge in [0.1, 0.15) is 6.10 Å². The van der Waals surface area contributed by atoms with Crippen molar-refractivity contribution in [2.24, 2.45) is 56.2 Å². The Hall–Kier alpha value is -2.47. The molecule has 0 amide bonds. The third-order valence-corrected chi connectivity index (χ3v) is 16.0. The van der Waals surface area contributed by atoms with E-state index in [2.05, 4.69) is 84.1 Å². The number of carbonyl (C=O) groups is 3. The zero-order valence-electron chi connectivity index (χ0n) is 33.3. The van der Waals surface area contributed by atoms with E-state index in [9.17, 15) is 19.5 Å². The highest BCUT2D eigenvalue weighted by atomic mass is 16.5. The summed E-state index contributed by atoms with van der Waals surface area (Å²) in [5.74, 6) is 0.987. The molecule has 6 rings (SSSR count). The van der Waals surface area contributed by atoms with Gasteiger partial charge in [-0.1, -0.05) is 98.2 Å². The van der Waals surface area contributed by atoms with E-state index in [4.69, 9.17) is 4.74 Å². The Labute approximate surface area is 308 Å². The summed E-state index contributed by atoms with van der Waals surface area (Å²) in [6, 6.07) is 10.6. The predicted molar refractivity (Wildman–Crippen MR) is 203 cm³/mol. The van der Waals surface area contributed by atoms with Crippen LogP contribution in [0.4, 0.5) is 0 Å². The number of carboxylic acids is 1. The van der Waals surface area contributed by atoms with Crippen LogP contribution in [0, 0.1) is 56.2 Å². The maximum atomic E-state index is 14.0. The number of ether oxygens (including phenoxy) is 1. The lowest BCUT2D eigenvalue weighted by molar-refractivity contribution is -0.233. The van der Waals surface area contributed by atoms with Gasteiger partial charge in [-0.15, -0.1) is 0 Å². The van der Waals surface area contributed by atoms with Crippen molar-refractivity contribution in [1.29, 1.82) is 0 Å². The molecule has 1 aromatic carbocycles. The standard InChI is InChI=1S/C45H67NO5/c1-29(2)38-32(47)25-45(23-24-46-28-30-13-11-10-12-14-30)22-21-43(8)31(39(38)45)15-16-34-42(7)19-18-35(41(5,6)33(42)17-20-44(34,43)9)51-37(50)27-40(3,4)26-36(48)49/h10-14,29,31,33-35,46H,15-28H2,1-9H3,(H,48,49). The molecule has 6 nitrogen and oxygen atoms in total. The van der Waals surface area contributed by atoms with Gasteiger partial charge in [0.2, 0.25) is 0 Å². The minimum atomic E-state index is -0.883. The number of carboxylic acid groups (broad SMARTS) is 1. The molecule has 0 aromatic heterocycles. The molecule has 4 fully saturated rings. The number of carbonyl (C=O) groups excluding carboxylic acids is 2. The molecule has 0 bridgehead atoms. The van der Waals surface area contributed by atoms with Crippen molar-refractivity contribution in [3.63, 3.8) is 0 Å². The van der Waals surface area contributed by atoms with Gasteiger partial charge in [0.15, 0.2) is 5.78 Å². The van der Waals surface area contributed by atoms with Crippen molar-refractivity contribution >= 4 is 17.7 Å². The summed E-state index contributed by atoms with van der Waals surface area (Å²) in [5, 5.41) is 13.1. The fourth-order valence-corrected chi connectivity index (χ4v) is 13.5. The number of benzene rings is 1. The third-order valence-electron chi connectivity index (χ3n) is 16.0. The van der Waals surface area contributed by atoms with Gasteiger partial charge in [0, 0.05) is 23.8 Å². The summed E-state index contributed by atoms with van der Waals surface area (Å²) in [4.78, 5) is 38.6. The summed E-state index contributed by atoms with van der Waals surface area (Å²) >= 11 is 0. The van der Waals surface area contributed by atoms with Gasteiger partial charge in [-0.2, -0.15) is 0 Å². The van der Waals surface area contributed by atoms with Gasteiger partial charge >= 0.3 is 11.9 Å². The molecule has 0 aliphatic heterocycles. The van der Waals surface area contributed by atoms with E-state index < -0.39 is 11.4 Å². The highest BCUT2D eigenvalue weighted by Crippen LogP contribution is 2.77. The number of nitrogens with one attached hydrogen (secondary N) is 1. The predicted octanol–water partition coefficient (Wildman–Crippen LogP) is 9.95. The van der Waals surface area contributed by atoms with Crippen LogP contribution in [-0.4, -0.2) is 35.5 Å². The van der Waals surface area contributed by atoms with Crippen molar-refractivity contribution in [3.05, 3.63) is 47.0 Å². The second-order valence-corrected chi connectivity index (χ2v) is 20.1. The number of fused-ring (bicyclic) bond motifs is 7. The van der Waals surface area contributed by atoms with E-state index in [1.54, 1.807) is 5.57 Å². The van der Waals surface area contributed by atoms with Crippen LogP contribution in [0.5, 0.6) is 0 Å². The molecule has 2 N–H and O–H groups in total. The monoisotopic (exact) mass is 702 g/mol. The molecule has 282 valence electrons. The molecule has 5 aliphatic carbocycles. The molecule has 0 saturated heterocycles. The molecule has 5 aliphatic rings. The van der Waals surface area contributed by atoms with Crippen LogP contribution in [-0.2, 0) is 25.7 Å². The number of Topliss-reactive ketones (excluding diaryl/α,β-unsaturated/α-hetero) is 1. The maximum Gasteiger partial charge on any atom is 0.306 e. The minimum absolute atomic E-state index is 0.0161. The van der Waals surface area contributed by atoms with Crippen LogP contribution in [0.15, 0.2) is 41.5 Å². The molecule has 0 heterocycles. The SMILES string of the molecule is CC(C)C1=C2C3CCC4C5(C)CCC(OC(=O)CC(C)(C)CC(=O)O)C(C)(C)C5CCC4(C)C3(C)CCC2(CCNCc2ccccc2)CC1=O. The quantitative estimate of drug-likeness (QED) is 0.176. The molecule has 8 atom stereocenters. The fraction of sp³-hybridized carbons (Fsp3) is 0.756. The Morgan fingerprint density at radius 3 is 2.27 bits per heavy atom. The van der Waals surface area contributed by atoms with E-state index in [1.807, 2.05) is 13.8 Å². The lowest BCUT2D eigenvalue weighted by Gasteiger charge is -2.72. The zero-order chi connectivity index (χ0) is 37.2. The van der Waals surface area contributed by atoms with Gasteiger partial charge in [-0.3, -0.25) is 14.4 Å². The van der Waals surface area contributed by atoms with Crippen molar-refractivity contribution in [2.45, 2.75) is 152 Å². The Balaban J connectivity index is 1.23. The van der Waals surface area contributed by atoms with Crippen LogP contribution in [0.3, 0.4) is 0 Å². The second-order valence-electron chi connectivity index (χ2n) is 20.1. The summed E-state index contributed by atoms with van der Waals surface area (Å²) in [6.07, 6.45) is 10.5. The molecule has 4 saturated carbocycles.